The lowest BCUT2D eigenvalue weighted by molar-refractivity contribution is -0.122. The fraction of sp³-hybridized carbons (Fsp3) is 0.435. The van der Waals surface area contributed by atoms with Crippen LogP contribution >= 0.6 is 0 Å². The standard InChI is InChI=1S/C23H30N2O3/c1-2-27-22-11-7-6-10-20(22)12-13-23(26)24-16-21-18-25(14-15-28-21)17-19-8-4-3-5-9-19/h3-11,21H,2,12-18H2,1H3,(H,24,26). The summed E-state index contributed by atoms with van der Waals surface area (Å²) in [5.41, 5.74) is 2.38. The van der Waals surface area contributed by atoms with Crippen molar-refractivity contribution in [3.63, 3.8) is 0 Å². The summed E-state index contributed by atoms with van der Waals surface area (Å²) in [6.07, 6.45) is 1.16. The zero-order valence-electron chi connectivity index (χ0n) is 16.6. The molecule has 5 heteroatoms. The second-order valence-corrected chi connectivity index (χ2v) is 7.06. The summed E-state index contributed by atoms with van der Waals surface area (Å²) in [5, 5.41) is 3.03. The topological polar surface area (TPSA) is 50.8 Å². The van der Waals surface area contributed by atoms with Crippen LogP contribution < -0.4 is 10.1 Å². The second-order valence-electron chi connectivity index (χ2n) is 7.06. The molecule has 1 aliphatic heterocycles. The average molecular weight is 383 g/mol. The van der Waals surface area contributed by atoms with Crippen LogP contribution in [0.4, 0.5) is 0 Å². The number of nitrogens with one attached hydrogen (secondary N) is 1. The molecule has 3 rings (SSSR count). The minimum atomic E-state index is 0.0390. The van der Waals surface area contributed by atoms with Gasteiger partial charge in [0.05, 0.1) is 19.3 Å². The van der Waals surface area contributed by atoms with Gasteiger partial charge in [0.1, 0.15) is 5.75 Å². The molecular weight excluding hydrogens is 352 g/mol. The van der Waals surface area contributed by atoms with Gasteiger partial charge in [-0.25, -0.2) is 0 Å². The number of carbonyl (C=O) groups excluding carboxylic acids is 1. The molecule has 28 heavy (non-hydrogen) atoms. The number of para-hydroxylation sites is 1. The second kappa shape index (κ2) is 10.8. The van der Waals surface area contributed by atoms with E-state index in [-0.39, 0.29) is 12.0 Å². The van der Waals surface area contributed by atoms with Crippen molar-refractivity contribution in [2.24, 2.45) is 0 Å². The molecular formula is C23H30N2O3. The smallest absolute Gasteiger partial charge is 0.220 e. The highest BCUT2D eigenvalue weighted by atomic mass is 16.5. The molecule has 0 aromatic heterocycles. The van der Waals surface area contributed by atoms with Gasteiger partial charge in [0, 0.05) is 32.6 Å². The molecule has 2 aromatic carbocycles. The maximum Gasteiger partial charge on any atom is 0.220 e. The highest BCUT2D eigenvalue weighted by molar-refractivity contribution is 5.76. The lowest BCUT2D eigenvalue weighted by Crippen LogP contribution is -2.47. The number of nitrogens with zero attached hydrogens (tertiary/aromatic N) is 1. The molecule has 1 saturated heterocycles. The Labute approximate surface area is 167 Å². The van der Waals surface area contributed by atoms with Crippen LogP contribution in [-0.2, 0) is 22.5 Å². The van der Waals surface area contributed by atoms with Crippen molar-refractivity contribution in [2.45, 2.75) is 32.4 Å². The Morgan fingerprint density at radius 2 is 1.96 bits per heavy atom. The normalized spacial score (nSPS) is 17.2. The van der Waals surface area contributed by atoms with Gasteiger partial charge < -0.3 is 14.8 Å². The molecule has 0 aliphatic carbocycles. The van der Waals surface area contributed by atoms with Gasteiger partial charge in [0.2, 0.25) is 5.91 Å². The molecule has 1 heterocycles. The van der Waals surface area contributed by atoms with Crippen molar-refractivity contribution in [3.8, 4) is 5.75 Å². The fourth-order valence-corrected chi connectivity index (χ4v) is 3.46. The van der Waals surface area contributed by atoms with E-state index >= 15 is 0 Å². The van der Waals surface area contributed by atoms with Crippen LogP contribution in [0.1, 0.15) is 24.5 Å². The third-order valence-electron chi connectivity index (χ3n) is 4.89. The van der Waals surface area contributed by atoms with E-state index in [1.165, 1.54) is 5.56 Å². The van der Waals surface area contributed by atoms with E-state index in [9.17, 15) is 4.79 Å². The van der Waals surface area contributed by atoms with Crippen LogP contribution in [0.5, 0.6) is 5.75 Å². The van der Waals surface area contributed by atoms with E-state index in [1.807, 2.05) is 37.3 Å². The lowest BCUT2D eigenvalue weighted by atomic mass is 10.1. The molecule has 0 spiro atoms. The molecule has 1 amide bonds. The number of hydrogen-bond donors (Lipinski definition) is 1. The number of carbonyl (C=O) groups is 1. The van der Waals surface area contributed by atoms with Crippen LogP contribution in [0.25, 0.3) is 0 Å². The minimum Gasteiger partial charge on any atom is -0.494 e. The molecule has 5 nitrogen and oxygen atoms in total. The first-order valence-corrected chi connectivity index (χ1v) is 10.1. The predicted octanol–water partition coefficient (Wildman–Crippen LogP) is 3.04. The Balaban J connectivity index is 1.40. The maximum absolute atomic E-state index is 12.3. The van der Waals surface area contributed by atoms with Crippen molar-refractivity contribution < 1.29 is 14.3 Å². The lowest BCUT2D eigenvalue weighted by Gasteiger charge is -2.33. The number of morpholine rings is 1. The molecule has 2 aromatic rings. The summed E-state index contributed by atoms with van der Waals surface area (Å²) in [6.45, 7) is 6.53. The summed E-state index contributed by atoms with van der Waals surface area (Å²) < 4.78 is 11.5. The number of hydrogen-bond acceptors (Lipinski definition) is 4. The third-order valence-corrected chi connectivity index (χ3v) is 4.89. The van der Waals surface area contributed by atoms with Gasteiger partial charge in [-0.2, -0.15) is 0 Å². The van der Waals surface area contributed by atoms with Gasteiger partial charge in [0.25, 0.3) is 0 Å². The van der Waals surface area contributed by atoms with Gasteiger partial charge >= 0.3 is 0 Å². The molecule has 1 N–H and O–H groups in total. The molecule has 0 saturated carbocycles. The molecule has 1 unspecified atom stereocenters. The van der Waals surface area contributed by atoms with Crippen LogP contribution in [-0.4, -0.2) is 49.8 Å². The van der Waals surface area contributed by atoms with E-state index in [0.717, 1.165) is 30.9 Å². The van der Waals surface area contributed by atoms with E-state index < -0.39 is 0 Å². The van der Waals surface area contributed by atoms with E-state index in [2.05, 4.69) is 34.5 Å². The van der Waals surface area contributed by atoms with E-state index in [1.54, 1.807) is 0 Å². The van der Waals surface area contributed by atoms with Crippen LogP contribution in [0, 0.1) is 0 Å². The van der Waals surface area contributed by atoms with Crippen molar-refractivity contribution >= 4 is 5.91 Å². The summed E-state index contributed by atoms with van der Waals surface area (Å²) in [6, 6.07) is 18.4. The average Bonchev–Trinajstić information content (AvgIpc) is 2.73. The summed E-state index contributed by atoms with van der Waals surface area (Å²) >= 11 is 0. The highest BCUT2D eigenvalue weighted by Gasteiger charge is 2.21. The van der Waals surface area contributed by atoms with Gasteiger partial charge in [-0.1, -0.05) is 48.5 Å². The fourth-order valence-electron chi connectivity index (χ4n) is 3.46. The first kappa shape index (κ1) is 20.4. The summed E-state index contributed by atoms with van der Waals surface area (Å²) in [4.78, 5) is 14.7. The van der Waals surface area contributed by atoms with Crippen molar-refractivity contribution in [2.75, 3.05) is 32.8 Å². The molecule has 1 fully saturated rings. The Bertz CT molecular complexity index is 736. The summed E-state index contributed by atoms with van der Waals surface area (Å²) in [5.74, 6) is 0.917. The molecule has 150 valence electrons. The number of amides is 1. The number of rotatable bonds is 9. The Kier molecular flexibility index (Phi) is 7.88. The van der Waals surface area contributed by atoms with Gasteiger partial charge in [0.15, 0.2) is 0 Å². The van der Waals surface area contributed by atoms with E-state index in [4.69, 9.17) is 9.47 Å². The van der Waals surface area contributed by atoms with Crippen molar-refractivity contribution in [1.82, 2.24) is 10.2 Å². The Morgan fingerprint density at radius 3 is 2.79 bits per heavy atom. The van der Waals surface area contributed by atoms with Crippen LogP contribution in [0.2, 0.25) is 0 Å². The maximum atomic E-state index is 12.3. The quantitative estimate of drug-likeness (QED) is 0.724. The Hall–Kier alpha value is -2.37. The third kappa shape index (κ3) is 6.36. The number of ether oxygens (including phenoxy) is 2. The first-order valence-electron chi connectivity index (χ1n) is 10.1. The summed E-state index contributed by atoms with van der Waals surface area (Å²) in [7, 11) is 0. The zero-order valence-corrected chi connectivity index (χ0v) is 16.6. The van der Waals surface area contributed by atoms with Gasteiger partial charge in [-0.05, 0) is 30.5 Å². The van der Waals surface area contributed by atoms with Crippen molar-refractivity contribution in [1.29, 1.82) is 0 Å². The molecule has 1 atom stereocenters. The van der Waals surface area contributed by atoms with Crippen molar-refractivity contribution in [3.05, 3.63) is 65.7 Å². The highest BCUT2D eigenvalue weighted by Crippen LogP contribution is 2.19. The number of aryl methyl sites for hydroxylation is 1. The molecule has 0 bridgehead atoms. The zero-order chi connectivity index (χ0) is 19.6. The monoisotopic (exact) mass is 382 g/mol. The SMILES string of the molecule is CCOc1ccccc1CCC(=O)NCC1CN(Cc2ccccc2)CCO1. The molecule has 1 aliphatic rings. The van der Waals surface area contributed by atoms with E-state index in [0.29, 0.717) is 32.6 Å². The largest absolute Gasteiger partial charge is 0.494 e. The number of benzene rings is 2. The first-order chi connectivity index (χ1) is 13.7. The molecule has 0 radical (unpaired) electrons. The minimum absolute atomic E-state index is 0.0390. The van der Waals surface area contributed by atoms with Crippen LogP contribution in [0.3, 0.4) is 0 Å². The van der Waals surface area contributed by atoms with Gasteiger partial charge in [-0.3, -0.25) is 9.69 Å². The Morgan fingerprint density at radius 1 is 1.18 bits per heavy atom. The predicted molar refractivity (Wildman–Crippen MR) is 110 cm³/mol. The van der Waals surface area contributed by atoms with Gasteiger partial charge in [-0.15, -0.1) is 0 Å². The van der Waals surface area contributed by atoms with Crippen LogP contribution in [0.15, 0.2) is 54.6 Å².